The average molecular weight is 278 g/mol. The van der Waals surface area contributed by atoms with Crippen molar-refractivity contribution in [2.24, 2.45) is 0 Å². The molecular formula is C15H26N4O. The first-order valence-electron chi connectivity index (χ1n) is 7.72. The van der Waals surface area contributed by atoms with Crippen molar-refractivity contribution in [2.75, 3.05) is 38.1 Å². The lowest BCUT2D eigenvalue weighted by Gasteiger charge is -2.20. The minimum absolute atomic E-state index is 0.630. The predicted molar refractivity (Wildman–Crippen MR) is 81.3 cm³/mol. The molecular weight excluding hydrogens is 252 g/mol. The number of anilines is 1. The zero-order valence-corrected chi connectivity index (χ0v) is 12.7. The Balaban J connectivity index is 1.82. The van der Waals surface area contributed by atoms with Crippen molar-refractivity contribution in [2.45, 2.75) is 39.5 Å². The average Bonchev–Trinajstić information content (AvgIpc) is 2.72. The van der Waals surface area contributed by atoms with Crippen LogP contribution in [0.4, 0.5) is 5.82 Å². The Kier molecular flexibility index (Phi) is 6.05. The first-order valence-corrected chi connectivity index (χ1v) is 7.72. The Morgan fingerprint density at radius 3 is 2.65 bits per heavy atom. The van der Waals surface area contributed by atoms with Gasteiger partial charge in [0.25, 0.3) is 0 Å². The lowest BCUT2D eigenvalue weighted by atomic mass is 10.2. The zero-order chi connectivity index (χ0) is 14.2. The van der Waals surface area contributed by atoms with Gasteiger partial charge in [-0.25, -0.2) is 9.97 Å². The van der Waals surface area contributed by atoms with Gasteiger partial charge in [0.2, 0.25) is 5.88 Å². The highest BCUT2D eigenvalue weighted by Gasteiger charge is 2.10. The second-order valence-electron chi connectivity index (χ2n) is 5.27. The fourth-order valence-electron chi connectivity index (χ4n) is 2.59. The molecule has 2 rings (SSSR count). The van der Waals surface area contributed by atoms with Crippen molar-refractivity contribution in [1.82, 2.24) is 14.9 Å². The maximum Gasteiger partial charge on any atom is 0.221 e. The smallest absolute Gasteiger partial charge is 0.221 e. The standard InChI is InChI=1S/C15H26N4O/c1-3-20-15-13(2)14(17-12-18-15)16-8-11-19-9-6-4-5-7-10-19/h12H,3-11H2,1-2H3,(H,16,17,18). The summed E-state index contributed by atoms with van der Waals surface area (Å²) >= 11 is 0. The van der Waals surface area contributed by atoms with Gasteiger partial charge in [-0.1, -0.05) is 12.8 Å². The summed E-state index contributed by atoms with van der Waals surface area (Å²) in [4.78, 5) is 11.0. The summed E-state index contributed by atoms with van der Waals surface area (Å²) in [6, 6.07) is 0. The topological polar surface area (TPSA) is 50.3 Å². The highest BCUT2D eigenvalue weighted by molar-refractivity contribution is 5.47. The molecule has 1 aromatic heterocycles. The fourth-order valence-corrected chi connectivity index (χ4v) is 2.59. The summed E-state index contributed by atoms with van der Waals surface area (Å²) in [6.45, 7) is 9.05. The molecule has 0 spiro atoms. The molecule has 0 unspecified atom stereocenters. The molecule has 1 aliphatic rings. The van der Waals surface area contributed by atoms with E-state index in [0.717, 1.165) is 24.5 Å². The molecule has 0 saturated carbocycles. The van der Waals surface area contributed by atoms with E-state index in [2.05, 4.69) is 20.2 Å². The largest absolute Gasteiger partial charge is 0.478 e. The molecule has 1 saturated heterocycles. The molecule has 20 heavy (non-hydrogen) atoms. The molecule has 2 heterocycles. The van der Waals surface area contributed by atoms with Crippen molar-refractivity contribution >= 4 is 5.82 Å². The van der Waals surface area contributed by atoms with E-state index in [-0.39, 0.29) is 0 Å². The van der Waals surface area contributed by atoms with E-state index >= 15 is 0 Å². The van der Waals surface area contributed by atoms with Gasteiger partial charge in [0.1, 0.15) is 12.1 Å². The molecule has 1 aromatic rings. The van der Waals surface area contributed by atoms with Gasteiger partial charge in [0.05, 0.1) is 12.2 Å². The van der Waals surface area contributed by atoms with Crippen LogP contribution in [-0.2, 0) is 0 Å². The van der Waals surface area contributed by atoms with Crippen LogP contribution in [0.1, 0.15) is 38.2 Å². The van der Waals surface area contributed by atoms with Crippen LogP contribution < -0.4 is 10.1 Å². The maximum absolute atomic E-state index is 5.49. The molecule has 5 heteroatoms. The summed E-state index contributed by atoms with van der Waals surface area (Å²) in [5.74, 6) is 1.57. The van der Waals surface area contributed by atoms with Crippen molar-refractivity contribution < 1.29 is 4.74 Å². The van der Waals surface area contributed by atoms with E-state index in [1.165, 1.54) is 38.8 Å². The van der Waals surface area contributed by atoms with Gasteiger partial charge in [-0.15, -0.1) is 0 Å². The molecule has 0 bridgehead atoms. The van der Waals surface area contributed by atoms with E-state index < -0.39 is 0 Å². The first-order chi connectivity index (χ1) is 9.81. The number of ether oxygens (including phenoxy) is 1. The predicted octanol–water partition coefficient (Wildman–Crippen LogP) is 2.47. The molecule has 0 aromatic carbocycles. The summed E-state index contributed by atoms with van der Waals surface area (Å²) in [5.41, 5.74) is 0.991. The molecule has 0 radical (unpaired) electrons. The number of rotatable bonds is 6. The number of hydrogen-bond donors (Lipinski definition) is 1. The van der Waals surface area contributed by atoms with Crippen molar-refractivity contribution in [3.63, 3.8) is 0 Å². The SMILES string of the molecule is CCOc1ncnc(NCCN2CCCCCC2)c1C. The number of nitrogens with one attached hydrogen (secondary N) is 1. The number of hydrogen-bond acceptors (Lipinski definition) is 5. The van der Waals surface area contributed by atoms with Gasteiger partial charge in [-0.2, -0.15) is 0 Å². The fraction of sp³-hybridized carbons (Fsp3) is 0.733. The van der Waals surface area contributed by atoms with Crippen LogP contribution in [0.25, 0.3) is 0 Å². The molecule has 0 atom stereocenters. The monoisotopic (exact) mass is 278 g/mol. The zero-order valence-electron chi connectivity index (χ0n) is 12.7. The van der Waals surface area contributed by atoms with Crippen molar-refractivity contribution in [3.8, 4) is 5.88 Å². The Hall–Kier alpha value is -1.36. The Morgan fingerprint density at radius 2 is 1.95 bits per heavy atom. The van der Waals surface area contributed by atoms with Crippen LogP contribution in [0.2, 0.25) is 0 Å². The lowest BCUT2D eigenvalue weighted by Crippen LogP contribution is -2.30. The van der Waals surface area contributed by atoms with Gasteiger partial charge in [0.15, 0.2) is 0 Å². The highest BCUT2D eigenvalue weighted by Crippen LogP contribution is 2.20. The van der Waals surface area contributed by atoms with E-state index in [1.807, 2.05) is 13.8 Å². The second kappa shape index (κ2) is 8.04. The van der Waals surface area contributed by atoms with Crippen molar-refractivity contribution in [3.05, 3.63) is 11.9 Å². The van der Waals surface area contributed by atoms with E-state index in [0.29, 0.717) is 12.5 Å². The Morgan fingerprint density at radius 1 is 1.20 bits per heavy atom. The van der Waals surface area contributed by atoms with Gasteiger partial charge < -0.3 is 15.0 Å². The van der Waals surface area contributed by atoms with Gasteiger partial charge in [-0.3, -0.25) is 0 Å². The summed E-state index contributed by atoms with van der Waals surface area (Å²) in [7, 11) is 0. The molecule has 5 nitrogen and oxygen atoms in total. The van der Waals surface area contributed by atoms with Gasteiger partial charge in [-0.05, 0) is 39.8 Å². The van der Waals surface area contributed by atoms with E-state index in [1.54, 1.807) is 6.33 Å². The van der Waals surface area contributed by atoms with Crippen LogP contribution in [0.3, 0.4) is 0 Å². The van der Waals surface area contributed by atoms with E-state index in [9.17, 15) is 0 Å². The number of aromatic nitrogens is 2. The van der Waals surface area contributed by atoms with Crippen LogP contribution >= 0.6 is 0 Å². The second-order valence-corrected chi connectivity index (χ2v) is 5.27. The minimum Gasteiger partial charge on any atom is -0.478 e. The quantitative estimate of drug-likeness (QED) is 0.866. The van der Waals surface area contributed by atoms with Gasteiger partial charge in [0, 0.05) is 13.1 Å². The minimum atomic E-state index is 0.630. The molecule has 1 N–H and O–H groups in total. The third-order valence-corrected chi connectivity index (χ3v) is 3.74. The van der Waals surface area contributed by atoms with Crippen LogP contribution in [0.5, 0.6) is 5.88 Å². The van der Waals surface area contributed by atoms with Crippen LogP contribution in [0.15, 0.2) is 6.33 Å². The molecule has 1 aliphatic heterocycles. The molecule has 112 valence electrons. The highest BCUT2D eigenvalue weighted by atomic mass is 16.5. The maximum atomic E-state index is 5.49. The normalized spacial score (nSPS) is 16.7. The van der Waals surface area contributed by atoms with E-state index in [4.69, 9.17) is 4.74 Å². The molecule has 0 aliphatic carbocycles. The third kappa shape index (κ3) is 4.34. The molecule has 1 fully saturated rings. The van der Waals surface area contributed by atoms with Crippen molar-refractivity contribution in [1.29, 1.82) is 0 Å². The van der Waals surface area contributed by atoms with Crippen LogP contribution in [-0.4, -0.2) is 47.7 Å². The lowest BCUT2D eigenvalue weighted by molar-refractivity contribution is 0.296. The Bertz CT molecular complexity index is 403. The Labute approximate surface area is 121 Å². The summed E-state index contributed by atoms with van der Waals surface area (Å²) < 4.78 is 5.49. The van der Waals surface area contributed by atoms with Crippen LogP contribution in [0, 0.1) is 6.92 Å². The number of likely N-dealkylation sites (tertiary alicyclic amines) is 1. The third-order valence-electron chi connectivity index (χ3n) is 3.74. The summed E-state index contributed by atoms with van der Waals surface area (Å²) in [6.07, 6.45) is 6.99. The molecule has 0 amide bonds. The number of nitrogens with zero attached hydrogens (tertiary/aromatic N) is 3. The van der Waals surface area contributed by atoms with Gasteiger partial charge >= 0.3 is 0 Å². The summed E-state index contributed by atoms with van der Waals surface area (Å²) in [5, 5.41) is 3.41. The first kappa shape index (κ1) is 15.0.